The predicted molar refractivity (Wildman–Crippen MR) is 93.2 cm³/mol. The van der Waals surface area contributed by atoms with E-state index in [0.29, 0.717) is 32.6 Å². The van der Waals surface area contributed by atoms with E-state index in [-0.39, 0.29) is 5.56 Å². The molecule has 0 spiro atoms. The van der Waals surface area contributed by atoms with Crippen molar-refractivity contribution < 1.29 is 13.9 Å². The van der Waals surface area contributed by atoms with E-state index in [9.17, 15) is 4.79 Å². The number of nitrogens with zero attached hydrogens (tertiary/aromatic N) is 3. The van der Waals surface area contributed by atoms with Gasteiger partial charge in [-0.15, -0.1) is 5.10 Å². The minimum absolute atomic E-state index is 0.241. The molecule has 7 nitrogen and oxygen atoms in total. The van der Waals surface area contributed by atoms with Gasteiger partial charge in [-0.05, 0) is 24.3 Å². The highest BCUT2D eigenvalue weighted by molar-refractivity contribution is 7.15. The number of aromatic nitrogens is 3. The molecule has 0 aliphatic heterocycles. The molecule has 126 valence electrons. The van der Waals surface area contributed by atoms with Crippen molar-refractivity contribution in [1.82, 2.24) is 14.6 Å². The lowest BCUT2D eigenvalue weighted by atomic mass is 10.2. The molecule has 3 aromatic heterocycles. The number of ether oxygens (including phenoxy) is 2. The third-order valence-electron chi connectivity index (χ3n) is 3.64. The van der Waals surface area contributed by atoms with Gasteiger partial charge in [-0.1, -0.05) is 23.5 Å². The van der Waals surface area contributed by atoms with Crippen LogP contribution in [0, 0.1) is 0 Å². The maximum atomic E-state index is 12.6. The largest absolute Gasteiger partial charge is 0.493 e. The molecule has 0 aliphatic rings. The van der Waals surface area contributed by atoms with Crippen molar-refractivity contribution in [2.45, 2.75) is 0 Å². The van der Waals surface area contributed by atoms with Crippen LogP contribution in [-0.4, -0.2) is 28.8 Å². The Bertz CT molecular complexity index is 1140. The second-order valence-electron chi connectivity index (χ2n) is 5.11. The lowest BCUT2D eigenvalue weighted by Crippen LogP contribution is -2.23. The molecule has 0 saturated heterocycles. The fourth-order valence-corrected chi connectivity index (χ4v) is 3.41. The number of hydrogen-bond donors (Lipinski definition) is 0. The van der Waals surface area contributed by atoms with E-state index < -0.39 is 0 Å². The summed E-state index contributed by atoms with van der Waals surface area (Å²) < 4.78 is 17.7. The number of thiazole rings is 1. The molecule has 4 rings (SSSR count). The zero-order chi connectivity index (χ0) is 17.4. The first-order valence-electron chi connectivity index (χ1n) is 7.37. The smallest absolute Gasteiger partial charge is 0.291 e. The second-order valence-corrected chi connectivity index (χ2v) is 6.11. The summed E-state index contributed by atoms with van der Waals surface area (Å²) in [5.41, 5.74) is 0.505. The third-order valence-corrected chi connectivity index (χ3v) is 4.60. The fourth-order valence-electron chi connectivity index (χ4n) is 2.51. The Morgan fingerprint density at radius 2 is 2.08 bits per heavy atom. The van der Waals surface area contributed by atoms with Gasteiger partial charge in [0.2, 0.25) is 10.8 Å². The first kappa shape index (κ1) is 15.4. The maximum absolute atomic E-state index is 12.6. The summed E-state index contributed by atoms with van der Waals surface area (Å²) in [7, 11) is 3.13. The van der Waals surface area contributed by atoms with Gasteiger partial charge in [-0.2, -0.15) is 9.50 Å². The summed E-state index contributed by atoms with van der Waals surface area (Å²) in [4.78, 5) is 17.5. The van der Waals surface area contributed by atoms with Gasteiger partial charge in [-0.25, -0.2) is 0 Å². The lowest BCUT2D eigenvalue weighted by molar-refractivity contribution is 0.354. The van der Waals surface area contributed by atoms with Gasteiger partial charge in [0.1, 0.15) is 0 Å². The molecule has 0 N–H and O–H groups in total. The van der Waals surface area contributed by atoms with Crippen molar-refractivity contribution >= 4 is 22.4 Å². The first-order valence-corrected chi connectivity index (χ1v) is 8.19. The minimum Gasteiger partial charge on any atom is -0.493 e. The molecule has 1 aromatic carbocycles. The van der Waals surface area contributed by atoms with E-state index in [1.165, 1.54) is 22.1 Å². The van der Waals surface area contributed by atoms with Gasteiger partial charge >= 0.3 is 0 Å². The van der Waals surface area contributed by atoms with Crippen molar-refractivity contribution in [3.05, 3.63) is 57.0 Å². The van der Waals surface area contributed by atoms with Crippen LogP contribution < -0.4 is 19.6 Å². The van der Waals surface area contributed by atoms with Crippen LogP contribution in [0.2, 0.25) is 0 Å². The highest BCUT2D eigenvalue weighted by Gasteiger charge is 2.14. The molecule has 0 unspecified atom stereocenters. The minimum atomic E-state index is -0.241. The predicted octanol–water partition coefficient (Wildman–Crippen LogP) is 1.98. The summed E-state index contributed by atoms with van der Waals surface area (Å²) in [6.07, 6.45) is 3.29. The standard InChI is InChI=1S/C17H13N3O4S/c1-22-11-6-3-5-10(14(11)23-2)9-13-16(21)20-17(25-13)18-15(19-20)12-7-4-8-24-12/h3-9H,1-2H3/b13-9-. The van der Waals surface area contributed by atoms with Crippen LogP contribution in [0.5, 0.6) is 11.5 Å². The lowest BCUT2D eigenvalue weighted by Gasteiger charge is -2.09. The van der Waals surface area contributed by atoms with E-state index in [0.717, 1.165) is 5.56 Å². The van der Waals surface area contributed by atoms with E-state index >= 15 is 0 Å². The number of para-hydroxylation sites is 1. The molecule has 3 heterocycles. The van der Waals surface area contributed by atoms with Gasteiger partial charge in [0.15, 0.2) is 17.3 Å². The van der Waals surface area contributed by atoms with Crippen molar-refractivity contribution in [1.29, 1.82) is 0 Å². The van der Waals surface area contributed by atoms with Crippen LogP contribution in [0.4, 0.5) is 0 Å². The molecule has 0 saturated carbocycles. The summed E-state index contributed by atoms with van der Waals surface area (Å²) in [5, 5.41) is 4.23. The molecule has 4 aromatic rings. The molecule has 25 heavy (non-hydrogen) atoms. The normalized spacial score (nSPS) is 12.0. The van der Waals surface area contributed by atoms with E-state index in [4.69, 9.17) is 13.9 Å². The Morgan fingerprint density at radius 3 is 2.76 bits per heavy atom. The number of benzene rings is 1. The average Bonchev–Trinajstić information content (AvgIpc) is 3.34. The number of furan rings is 1. The number of methoxy groups -OCH3 is 2. The molecular formula is C17H13N3O4S. The summed E-state index contributed by atoms with van der Waals surface area (Å²) in [6, 6.07) is 8.98. The number of fused-ring (bicyclic) bond motifs is 1. The zero-order valence-corrected chi connectivity index (χ0v) is 14.2. The van der Waals surface area contributed by atoms with Crippen LogP contribution in [-0.2, 0) is 0 Å². The fraction of sp³-hybridized carbons (Fsp3) is 0.118. The van der Waals surface area contributed by atoms with Crippen LogP contribution in [0.25, 0.3) is 22.6 Å². The molecular weight excluding hydrogens is 342 g/mol. The quantitative estimate of drug-likeness (QED) is 0.557. The van der Waals surface area contributed by atoms with Gasteiger partial charge in [-0.3, -0.25) is 4.79 Å². The Labute approximate surface area is 145 Å². The van der Waals surface area contributed by atoms with Crippen molar-refractivity contribution in [2.24, 2.45) is 0 Å². The number of rotatable bonds is 4. The van der Waals surface area contributed by atoms with Gasteiger partial charge in [0.25, 0.3) is 5.56 Å². The average molecular weight is 355 g/mol. The zero-order valence-electron chi connectivity index (χ0n) is 13.4. The molecule has 0 radical (unpaired) electrons. The highest BCUT2D eigenvalue weighted by atomic mass is 32.1. The van der Waals surface area contributed by atoms with E-state index in [1.807, 2.05) is 12.1 Å². The van der Waals surface area contributed by atoms with Crippen LogP contribution in [0.1, 0.15) is 5.56 Å². The van der Waals surface area contributed by atoms with Crippen molar-refractivity contribution in [3.8, 4) is 23.1 Å². The first-order chi connectivity index (χ1) is 12.2. The summed E-state index contributed by atoms with van der Waals surface area (Å²) >= 11 is 1.25. The van der Waals surface area contributed by atoms with E-state index in [2.05, 4.69) is 10.1 Å². The molecule has 0 fully saturated rings. The van der Waals surface area contributed by atoms with E-state index in [1.54, 1.807) is 38.5 Å². The maximum Gasteiger partial charge on any atom is 0.291 e. The van der Waals surface area contributed by atoms with Crippen molar-refractivity contribution in [3.63, 3.8) is 0 Å². The molecule has 8 heteroatoms. The molecule has 0 bridgehead atoms. The topological polar surface area (TPSA) is 78.9 Å². The van der Waals surface area contributed by atoms with Gasteiger partial charge in [0, 0.05) is 5.56 Å². The third kappa shape index (κ3) is 2.56. The molecule has 0 amide bonds. The van der Waals surface area contributed by atoms with Gasteiger partial charge < -0.3 is 13.9 Å². The Morgan fingerprint density at radius 1 is 1.20 bits per heavy atom. The number of hydrogen-bond acceptors (Lipinski definition) is 7. The van der Waals surface area contributed by atoms with Gasteiger partial charge in [0.05, 0.1) is 25.0 Å². The van der Waals surface area contributed by atoms with Crippen LogP contribution in [0.3, 0.4) is 0 Å². The summed E-state index contributed by atoms with van der Waals surface area (Å²) in [5.74, 6) is 2.08. The SMILES string of the molecule is COc1cccc(/C=c2\sc3nc(-c4ccco4)nn3c2=O)c1OC. The molecule has 0 atom stereocenters. The highest BCUT2D eigenvalue weighted by Crippen LogP contribution is 2.31. The second kappa shape index (κ2) is 6.06. The van der Waals surface area contributed by atoms with Crippen LogP contribution in [0.15, 0.2) is 45.8 Å². The Kier molecular flexibility index (Phi) is 3.73. The Balaban J connectivity index is 1.85. The monoisotopic (exact) mass is 355 g/mol. The summed E-state index contributed by atoms with van der Waals surface area (Å²) in [6.45, 7) is 0. The molecule has 0 aliphatic carbocycles. The Hall–Kier alpha value is -3.13. The van der Waals surface area contributed by atoms with Crippen LogP contribution >= 0.6 is 11.3 Å². The van der Waals surface area contributed by atoms with Crippen molar-refractivity contribution in [2.75, 3.05) is 14.2 Å².